The number of carbonyl (C=O) groups is 1. The lowest BCUT2D eigenvalue weighted by molar-refractivity contribution is 0.174. The van der Waals surface area contributed by atoms with Gasteiger partial charge in [-0.1, -0.05) is 61.5 Å². The molecule has 3 rings (SSSR count). The normalized spacial score (nSPS) is 10.7. The van der Waals surface area contributed by atoms with E-state index in [1.165, 1.54) is 0 Å². The molecule has 0 spiro atoms. The molecule has 3 aromatic carbocycles. The van der Waals surface area contributed by atoms with Crippen molar-refractivity contribution in [3.05, 3.63) is 91.0 Å². The van der Waals surface area contributed by atoms with Gasteiger partial charge in [0.2, 0.25) is 7.26 Å². The van der Waals surface area contributed by atoms with E-state index < -0.39 is 7.26 Å². The van der Waals surface area contributed by atoms with E-state index in [-0.39, 0.29) is 22.7 Å². The van der Waals surface area contributed by atoms with Gasteiger partial charge < -0.3 is 4.74 Å². The van der Waals surface area contributed by atoms with Crippen LogP contribution in [0.25, 0.3) is 0 Å². The predicted molar refractivity (Wildman–Crippen MR) is 117 cm³/mol. The van der Waals surface area contributed by atoms with Crippen molar-refractivity contribution in [3.63, 3.8) is 0 Å². The van der Waals surface area contributed by atoms with Crippen LogP contribution in [0.1, 0.15) is 13.3 Å². The van der Waals surface area contributed by atoms with Crippen LogP contribution in [0, 0.1) is 0 Å². The van der Waals surface area contributed by atoms with E-state index in [0.29, 0.717) is 6.61 Å². The lowest BCUT2D eigenvalue weighted by atomic mass is 10.4. The zero-order chi connectivity index (χ0) is 17.5. The van der Waals surface area contributed by atoms with Crippen molar-refractivity contribution in [1.82, 2.24) is 0 Å². The molecule has 134 valence electrons. The fraction of sp³-hybridized carbons (Fsp3) is 0.136. The monoisotopic (exact) mass is 429 g/mol. The van der Waals surface area contributed by atoms with Gasteiger partial charge in [-0.05, 0) is 42.8 Å². The molecule has 0 atom stereocenters. The highest BCUT2D eigenvalue weighted by atomic mass is 79.9. The molecule has 0 amide bonds. The number of benzene rings is 3. The summed E-state index contributed by atoms with van der Waals surface area (Å²) in [4.78, 5) is 13.5. The summed E-state index contributed by atoms with van der Waals surface area (Å²) in [6, 6.07) is 30.1. The van der Waals surface area contributed by atoms with E-state index in [1.807, 2.05) is 97.9 Å². The van der Waals surface area contributed by atoms with Gasteiger partial charge in [0.15, 0.2) is 0 Å². The van der Waals surface area contributed by atoms with Gasteiger partial charge in [0.1, 0.15) is 15.9 Å². The summed E-state index contributed by atoms with van der Waals surface area (Å²) in [5.41, 5.74) is -0.127. The second kappa shape index (κ2) is 9.66. The highest BCUT2D eigenvalue weighted by Crippen LogP contribution is 2.56. The van der Waals surface area contributed by atoms with Crippen molar-refractivity contribution in [1.29, 1.82) is 0 Å². The summed E-state index contributed by atoms with van der Waals surface area (Å²) >= 11 is 0. The van der Waals surface area contributed by atoms with E-state index in [2.05, 4.69) is 0 Å². The van der Waals surface area contributed by atoms with Crippen LogP contribution in [-0.4, -0.2) is 12.3 Å². The molecule has 0 N–H and O–H groups in total. The molecule has 0 aliphatic carbocycles. The lowest BCUT2D eigenvalue weighted by Crippen LogP contribution is -2.36. The summed E-state index contributed by atoms with van der Waals surface area (Å²) in [7, 11) is -2.54. The molecule has 0 radical (unpaired) electrons. The average molecular weight is 430 g/mol. The van der Waals surface area contributed by atoms with E-state index >= 15 is 0 Å². The maximum Gasteiger partial charge on any atom is 0.466 e. The molecule has 0 heterocycles. The minimum absolute atomic E-state index is 0. The summed E-state index contributed by atoms with van der Waals surface area (Å²) in [6.45, 7) is 2.45. The predicted octanol–water partition coefficient (Wildman–Crippen LogP) is 5.11. The summed E-state index contributed by atoms with van der Waals surface area (Å²) in [5, 5.41) is 3.07. The van der Waals surface area contributed by atoms with E-state index in [0.717, 1.165) is 22.3 Å². The quantitative estimate of drug-likeness (QED) is 0.509. The summed E-state index contributed by atoms with van der Waals surface area (Å²) in [6.07, 6.45) is 0.810. The molecule has 3 aromatic rings. The van der Waals surface area contributed by atoms with Gasteiger partial charge in [-0.3, -0.25) is 0 Å². The Labute approximate surface area is 166 Å². The van der Waals surface area contributed by atoms with Crippen LogP contribution < -0.4 is 15.9 Å². The van der Waals surface area contributed by atoms with Crippen LogP contribution >= 0.6 is 24.2 Å². The van der Waals surface area contributed by atoms with Crippen molar-refractivity contribution in [2.75, 3.05) is 6.61 Å². The summed E-state index contributed by atoms with van der Waals surface area (Å²) < 4.78 is 5.73. The Morgan fingerprint density at radius 3 is 1.38 bits per heavy atom. The smallest absolute Gasteiger partial charge is 0.435 e. The van der Waals surface area contributed by atoms with Gasteiger partial charge >= 0.3 is 5.71 Å². The van der Waals surface area contributed by atoms with Crippen LogP contribution in [0.5, 0.6) is 0 Å². The van der Waals surface area contributed by atoms with Crippen LogP contribution in [0.15, 0.2) is 91.0 Å². The van der Waals surface area contributed by atoms with Crippen LogP contribution in [0.3, 0.4) is 0 Å². The number of ether oxygens (including phenoxy) is 1. The van der Waals surface area contributed by atoms with E-state index in [9.17, 15) is 4.79 Å². The number of halogens is 1. The molecule has 0 bridgehead atoms. The number of hydrogen-bond donors (Lipinski definition) is 0. The number of rotatable bonds is 6. The summed E-state index contributed by atoms with van der Waals surface area (Å²) in [5.74, 6) is 0. The molecule has 2 nitrogen and oxygen atoms in total. The van der Waals surface area contributed by atoms with Crippen molar-refractivity contribution in [2.45, 2.75) is 13.3 Å². The third kappa shape index (κ3) is 3.90. The van der Waals surface area contributed by atoms with Crippen LogP contribution in [0.4, 0.5) is 4.79 Å². The Morgan fingerprint density at radius 2 is 1.08 bits per heavy atom. The average Bonchev–Trinajstić information content (AvgIpc) is 2.69. The maximum absolute atomic E-state index is 13.5. The van der Waals surface area contributed by atoms with Gasteiger partial charge in [0.05, 0.1) is 6.61 Å². The first-order valence-electron chi connectivity index (χ1n) is 8.53. The molecule has 0 aliphatic heterocycles. The van der Waals surface area contributed by atoms with Gasteiger partial charge in [-0.15, -0.1) is 17.0 Å². The zero-order valence-corrected chi connectivity index (χ0v) is 17.4. The fourth-order valence-electron chi connectivity index (χ4n) is 3.00. The first kappa shape index (κ1) is 20.4. The molecular formula is C22H23BrO2P+. The topological polar surface area (TPSA) is 26.3 Å². The van der Waals surface area contributed by atoms with Crippen molar-refractivity contribution >= 4 is 45.9 Å². The zero-order valence-electron chi connectivity index (χ0n) is 14.7. The highest BCUT2D eigenvalue weighted by Gasteiger charge is 2.55. The van der Waals surface area contributed by atoms with Crippen molar-refractivity contribution < 1.29 is 9.53 Å². The Bertz CT molecular complexity index is 711. The molecule has 26 heavy (non-hydrogen) atoms. The number of hydrogen-bond acceptors (Lipinski definition) is 2. The molecule has 0 saturated carbocycles. The molecule has 0 saturated heterocycles. The highest BCUT2D eigenvalue weighted by molar-refractivity contribution is 8.93. The van der Waals surface area contributed by atoms with Crippen molar-refractivity contribution in [3.8, 4) is 0 Å². The molecule has 4 heteroatoms. The molecule has 0 unspecified atom stereocenters. The third-order valence-electron chi connectivity index (χ3n) is 4.13. The molecule has 0 aromatic heterocycles. The minimum atomic E-state index is -2.54. The molecule has 0 aliphatic rings. The second-order valence-corrected chi connectivity index (χ2v) is 9.05. The third-order valence-corrected chi connectivity index (χ3v) is 8.03. The molecule has 0 fully saturated rings. The first-order chi connectivity index (χ1) is 12.3. The van der Waals surface area contributed by atoms with E-state index in [1.54, 1.807) is 0 Å². The van der Waals surface area contributed by atoms with Gasteiger partial charge in [0.25, 0.3) is 0 Å². The SMILES string of the molecule is Br.CCCOC(=O)[P+](c1ccccc1)(c1ccccc1)c1ccccc1. The van der Waals surface area contributed by atoms with Gasteiger partial charge in [-0.2, -0.15) is 0 Å². The number of carbonyl (C=O) groups excluding carboxylic acids is 1. The Hall–Kier alpha value is -1.96. The van der Waals surface area contributed by atoms with Crippen LogP contribution in [-0.2, 0) is 4.74 Å². The van der Waals surface area contributed by atoms with Gasteiger partial charge in [0, 0.05) is 0 Å². The minimum Gasteiger partial charge on any atom is -0.435 e. The Kier molecular flexibility index (Phi) is 7.56. The Balaban J connectivity index is 0.00000243. The standard InChI is InChI=1S/C22H22O2P.BrH/c1-2-18-24-22(23)25(19-12-6-3-7-13-19,20-14-8-4-9-15-20)21-16-10-5-11-17-21;/h3-17H,2,18H2,1H3;1H/q+1;. The lowest BCUT2D eigenvalue weighted by Gasteiger charge is -2.24. The fourth-order valence-corrected chi connectivity index (χ4v) is 6.67. The van der Waals surface area contributed by atoms with Crippen LogP contribution in [0.2, 0.25) is 0 Å². The van der Waals surface area contributed by atoms with Crippen molar-refractivity contribution in [2.24, 2.45) is 0 Å². The first-order valence-corrected chi connectivity index (χ1v) is 10.3. The molecular weight excluding hydrogens is 407 g/mol. The van der Waals surface area contributed by atoms with Gasteiger partial charge in [-0.25, -0.2) is 4.79 Å². The largest absolute Gasteiger partial charge is 0.466 e. The maximum atomic E-state index is 13.5. The Morgan fingerprint density at radius 1 is 0.731 bits per heavy atom. The van der Waals surface area contributed by atoms with E-state index in [4.69, 9.17) is 4.74 Å². The second-order valence-electron chi connectivity index (χ2n) is 5.79.